The van der Waals surface area contributed by atoms with Gasteiger partial charge in [0.2, 0.25) is 9.05 Å². The third-order valence-electron chi connectivity index (χ3n) is 4.00. The van der Waals surface area contributed by atoms with Crippen molar-refractivity contribution in [2.24, 2.45) is 0 Å². The molecule has 0 spiro atoms. The van der Waals surface area contributed by atoms with Crippen molar-refractivity contribution in [3.63, 3.8) is 0 Å². The molecule has 2 aromatic rings. The Morgan fingerprint density at radius 2 is 1.48 bits per heavy atom. The minimum absolute atomic E-state index is 0.0787. The number of rotatable bonds is 11. The minimum atomic E-state index is -3.33. The van der Waals surface area contributed by atoms with Gasteiger partial charge in [-0.1, -0.05) is 61.7 Å². The summed E-state index contributed by atoms with van der Waals surface area (Å²) in [5, 5.41) is 0. The molecule has 0 bridgehead atoms. The fraction of sp³-hybridized carbons (Fsp3) is 0.400. The highest BCUT2D eigenvalue weighted by molar-refractivity contribution is 8.13. The summed E-state index contributed by atoms with van der Waals surface area (Å²) in [6.07, 6.45) is 5.79. The molecule has 0 aliphatic carbocycles. The monoisotopic (exact) mass is 380 g/mol. The number of unbranched alkanes of at least 4 members (excludes halogenated alkanes) is 4. The van der Waals surface area contributed by atoms with E-state index in [1.807, 2.05) is 30.3 Å². The van der Waals surface area contributed by atoms with Gasteiger partial charge in [0.05, 0.1) is 5.75 Å². The van der Waals surface area contributed by atoms with E-state index in [2.05, 4.69) is 24.3 Å². The summed E-state index contributed by atoms with van der Waals surface area (Å²) in [6.45, 7) is 0.577. The molecule has 0 atom stereocenters. The van der Waals surface area contributed by atoms with Gasteiger partial charge in [-0.15, -0.1) is 0 Å². The Hall–Kier alpha value is -1.52. The lowest BCUT2D eigenvalue weighted by molar-refractivity contribution is 0.306. The zero-order valence-electron chi connectivity index (χ0n) is 14.4. The van der Waals surface area contributed by atoms with E-state index in [4.69, 9.17) is 15.4 Å². The lowest BCUT2D eigenvalue weighted by Gasteiger charge is -2.08. The van der Waals surface area contributed by atoms with Gasteiger partial charge in [-0.05, 0) is 42.5 Å². The van der Waals surface area contributed by atoms with E-state index < -0.39 is 9.05 Å². The van der Waals surface area contributed by atoms with E-state index in [1.165, 1.54) is 5.56 Å². The molecule has 25 heavy (non-hydrogen) atoms. The van der Waals surface area contributed by atoms with Crippen LogP contribution in [0.15, 0.2) is 54.6 Å². The van der Waals surface area contributed by atoms with Crippen LogP contribution in [0.2, 0.25) is 0 Å². The second kappa shape index (κ2) is 10.5. The standard InChI is InChI=1S/C20H25ClO3S/c21-25(22,23)15-8-3-1-2-5-10-18-13-9-14-20(16-18)24-17-19-11-6-4-7-12-19/h4,6-7,9,11-14,16H,1-3,5,8,10,15,17H2. The maximum atomic E-state index is 10.8. The summed E-state index contributed by atoms with van der Waals surface area (Å²) in [5.74, 6) is 0.976. The highest BCUT2D eigenvalue weighted by atomic mass is 35.7. The van der Waals surface area contributed by atoms with Gasteiger partial charge < -0.3 is 4.74 Å². The first-order valence-electron chi connectivity index (χ1n) is 8.71. The van der Waals surface area contributed by atoms with Crippen LogP contribution in [-0.4, -0.2) is 14.2 Å². The molecule has 0 amide bonds. The fourth-order valence-corrected chi connectivity index (χ4v) is 3.54. The van der Waals surface area contributed by atoms with E-state index in [0.29, 0.717) is 13.0 Å². The summed E-state index contributed by atoms with van der Waals surface area (Å²) in [5.41, 5.74) is 2.43. The van der Waals surface area contributed by atoms with Crippen molar-refractivity contribution in [1.29, 1.82) is 0 Å². The number of halogens is 1. The Bertz CT molecular complexity index is 730. The number of benzene rings is 2. The Labute approximate surface area is 155 Å². The van der Waals surface area contributed by atoms with Crippen molar-refractivity contribution in [2.75, 3.05) is 5.75 Å². The third kappa shape index (κ3) is 8.94. The second-order valence-electron chi connectivity index (χ2n) is 6.18. The van der Waals surface area contributed by atoms with Crippen LogP contribution in [0.1, 0.15) is 43.2 Å². The van der Waals surface area contributed by atoms with Crippen molar-refractivity contribution in [3.05, 3.63) is 65.7 Å². The number of hydrogen-bond acceptors (Lipinski definition) is 3. The van der Waals surface area contributed by atoms with Crippen LogP contribution in [0.25, 0.3) is 0 Å². The fourth-order valence-electron chi connectivity index (χ4n) is 2.67. The number of hydrogen-bond donors (Lipinski definition) is 0. The molecule has 0 aliphatic heterocycles. The van der Waals surface area contributed by atoms with E-state index in [1.54, 1.807) is 0 Å². The van der Waals surface area contributed by atoms with Gasteiger partial charge in [0.1, 0.15) is 12.4 Å². The first kappa shape index (κ1) is 19.8. The Morgan fingerprint density at radius 1 is 0.800 bits per heavy atom. The SMILES string of the molecule is O=S(=O)(Cl)CCCCCCCc1cccc(OCc2ccccc2)c1. The van der Waals surface area contributed by atoms with E-state index in [0.717, 1.165) is 43.4 Å². The van der Waals surface area contributed by atoms with Gasteiger partial charge in [0.25, 0.3) is 0 Å². The van der Waals surface area contributed by atoms with Crippen LogP contribution >= 0.6 is 10.7 Å². The van der Waals surface area contributed by atoms with Crippen LogP contribution in [-0.2, 0) is 22.1 Å². The molecule has 0 aromatic heterocycles. The summed E-state index contributed by atoms with van der Waals surface area (Å²) in [4.78, 5) is 0. The van der Waals surface area contributed by atoms with Crippen LogP contribution < -0.4 is 4.74 Å². The van der Waals surface area contributed by atoms with E-state index in [-0.39, 0.29) is 5.75 Å². The molecular weight excluding hydrogens is 356 g/mol. The van der Waals surface area contributed by atoms with Crippen LogP contribution in [0, 0.1) is 0 Å². The van der Waals surface area contributed by atoms with Gasteiger partial charge in [-0.3, -0.25) is 0 Å². The lowest BCUT2D eigenvalue weighted by Crippen LogP contribution is -1.97. The largest absolute Gasteiger partial charge is 0.489 e. The molecule has 136 valence electrons. The highest BCUT2D eigenvalue weighted by Crippen LogP contribution is 2.17. The van der Waals surface area contributed by atoms with Gasteiger partial charge >= 0.3 is 0 Å². The van der Waals surface area contributed by atoms with E-state index >= 15 is 0 Å². The Balaban J connectivity index is 1.65. The third-order valence-corrected chi connectivity index (χ3v) is 5.24. The van der Waals surface area contributed by atoms with Crippen molar-refractivity contribution in [1.82, 2.24) is 0 Å². The molecular formula is C20H25ClO3S. The molecule has 0 radical (unpaired) electrons. The topological polar surface area (TPSA) is 43.4 Å². The predicted octanol–water partition coefficient (Wildman–Crippen LogP) is 5.33. The predicted molar refractivity (Wildman–Crippen MR) is 104 cm³/mol. The summed E-state index contributed by atoms with van der Waals surface area (Å²) in [7, 11) is 1.86. The van der Waals surface area contributed by atoms with Gasteiger partial charge in [0, 0.05) is 10.7 Å². The molecule has 0 N–H and O–H groups in total. The van der Waals surface area contributed by atoms with Crippen molar-refractivity contribution >= 4 is 19.7 Å². The Kier molecular flexibility index (Phi) is 8.29. The minimum Gasteiger partial charge on any atom is -0.489 e. The molecule has 0 fully saturated rings. The maximum absolute atomic E-state index is 10.8. The zero-order valence-corrected chi connectivity index (χ0v) is 15.9. The smallest absolute Gasteiger partial charge is 0.232 e. The molecule has 2 aromatic carbocycles. The second-order valence-corrected chi connectivity index (χ2v) is 9.08. The molecule has 0 unspecified atom stereocenters. The molecule has 0 saturated heterocycles. The first-order valence-corrected chi connectivity index (χ1v) is 11.2. The average Bonchev–Trinajstić information content (AvgIpc) is 2.59. The molecule has 0 heterocycles. The van der Waals surface area contributed by atoms with Crippen LogP contribution in [0.4, 0.5) is 0 Å². The molecule has 2 rings (SSSR count). The summed E-state index contributed by atoms with van der Waals surface area (Å²) >= 11 is 0. The highest BCUT2D eigenvalue weighted by Gasteiger charge is 2.04. The molecule has 0 aliphatic rings. The van der Waals surface area contributed by atoms with E-state index in [9.17, 15) is 8.42 Å². The van der Waals surface area contributed by atoms with Gasteiger partial charge in [0.15, 0.2) is 0 Å². The normalized spacial score (nSPS) is 11.4. The van der Waals surface area contributed by atoms with Gasteiger partial charge in [-0.25, -0.2) is 8.42 Å². The lowest BCUT2D eigenvalue weighted by atomic mass is 10.1. The van der Waals surface area contributed by atoms with Crippen molar-refractivity contribution < 1.29 is 13.2 Å². The molecule has 0 saturated carbocycles. The Morgan fingerprint density at radius 3 is 2.24 bits per heavy atom. The summed E-state index contributed by atoms with van der Waals surface area (Å²) in [6, 6.07) is 18.4. The number of ether oxygens (including phenoxy) is 1. The summed E-state index contributed by atoms with van der Waals surface area (Å²) < 4.78 is 27.5. The van der Waals surface area contributed by atoms with Gasteiger partial charge in [-0.2, -0.15) is 0 Å². The zero-order chi connectivity index (χ0) is 18.0. The quantitative estimate of drug-likeness (QED) is 0.391. The molecule has 3 nitrogen and oxygen atoms in total. The van der Waals surface area contributed by atoms with Crippen LogP contribution in [0.3, 0.4) is 0 Å². The average molecular weight is 381 g/mol. The maximum Gasteiger partial charge on any atom is 0.232 e. The van der Waals surface area contributed by atoms with Crippen LogP contribution in [0.5, 0.6) is 5.75 Å². The number of aryl methyl sites for hydroxylation is 1. The first-order chi connectivity index (χ1) is 12.0. The van der Waals surface area contributed by atoms with Crippen molar-refractivity contribution in [2.45, 2.75) is 45.1 Å². The molecule has 5 heteroatoms. The van der Waals surface area contributed by atoms with Crippen molar-refractivity contribution in [3.8, 4) is 5.75 Å².